The van der Waals surface area contributed by atoms with E-state index in [9.17, 15) is 38.4 Å². The van der Waals surface area contributed by atoms with Crippen LogP contribution in [0.5, 0.6) is 0 Å². The molecule has 8 rings (SSSR count). The van der Waals surface area contributed by atoms with Gasteiger partial charge in [-0.2, -0.15) is 0 Å². The van der Waals surface area contributed by atoms with Crippen LogP contribution in [0.15, 0.2) is 146 Å². The lowest BCUT2D eigenvalue weighted by Gasteiger charge is -2.33. The predicted octanol–water partition coefficient (Wildman–Crippen LogP) is 3.08. The van der Waals surface area contributed by atoms with E-state index >= 15 is 0 Å². The third-order valence-corrected chi connectivity index (χ3v) is 19.5. The highest BCUT2D eigenvalue weighted by Crippen LogP contribution is 2.13. The van der Waals surface area contributed by atoms with Gasteiger partial charge in [0.1, 0.15) is 5.78 Å². The molecule has 0 aliphatic carbocycles. The molecule has 2 amide bonds. The number of hydrogen-bond donors (Lipinski definition) is 5. The van der Waals surface area contributed by atoms with Gasteiger partial charge in [-0.3, -0.25) is 103 Å². The first kappa shape index (κ1) is 97.2. The molecule has 6 aromatic rings. The number of rotatable bonds is 43. The molecule has 6 aromatic heterocycles. The van der Waals surface area contributed by atoms with Crippen LogP contribution >= 0.6 is 0 Å². The second-order valence-corrected chi connectivity index (χ2v) is 28.9. The minimum absolute atomic E-state index is 0.00127. The molecule has 2 saturated heterocycles. The van der Waals surface area contributed by atoms with Crippen LogP contribution in [-0.4, -0.2) is 358 Å². The number of ether oxygens (including phenoxy) is 3. The van der Waals surface area contributed by atoms with Crippen molar-refractivity contribution in [3.8, 4) is 0 Å². The summed E-state index contributed by atoms with van der Waals surface area (Å²) in [4.78, 5) is 148. The fourth-order valence-corrected chi connectivity index (χ4v) is 13.2. The van der Waals surface area contributed by atoms with Gasteiger partial charge in [-0.05, 0) is 100 Å². The molecule has 0 spiro atoms. The average molecular weight is 1640 g/mol. The summed E-state index contributed by atoms with van der Waals surface area (Å²) in [5.74, 6) is -2.69. The quantitative estimate of drug-likeness (QED) is 0.0271. The standard InChI is InChI=1S/C49H70N12O5.C22H40N4O8.C14H18N4/c1-3-66-49(65)41-59-34-30-56(24-16-47(63)54-22-26-60(37-43-12-4-8-18-50-43)38-44-13-5-9-19-51-44)28-32-58(36-42(2)62)33-29-57(31-35-59)25-17-48(64)55-23-27-61(39-45-14-6-10-20-52-45)40-46-15-7-11-21-53-46;1-3-33-21(31)17-25-13-9-23(7-5-19(27)28)11-15-26(18-22(32)34-4-2)16-12-24(10-14-25)8-6-20(29)30;15-7-10-18(11-13-5-1-3-8-16-13)12-14-6-2-4-9-17-14/h4-15,18-21H,3,16-17,22-41H2,1-2H3,(H,54,63)(H,55,64);3-18H2,1-2H3,(H,27,28)(H,29,30);1-6,8-9H,7,10-12,15H2. The van der Waals surface area contributed by atoms with E-state index in [4.69, 9.17) is 30.2 Å². The zero-order chi connectivity index (χ0) is 84.6. The maximum Gasteiger partial charge on any atom is 0.320 e. The Morgan fingerprint density at radius 1 is 0.347 bits per heavy atom. The molecular formula is C85H128N20O13. The predicted molar refractivity (Wildman–Crippen MR) is 449 cm³/mol. The number of pyridine rings is 6. The molecule has 33 nitrogen and oxygen atoms in total. The van der Waals surface area contributed by atoms with Crippen LogP contribution in [0.4, 0.5) is 0 Å². The Morgan fingerprint density at radius 2 is 0.576 bits per heavy atom. The first-order valence-corrected chi connectivity index (χ1v) is 41.3. The number of carbonyl (C=O) groups is 8. The number of nitrogens with zero attached hydrogens (tertiary/aromatic N) is 17. The maximum absolute atomic E-state index is 13.3. The topological polar surface area (TPSA) is 368 Å². The number of amides is 2. The number of ketones is 1. The Morgan fingerprint density at radius 3 is 0.788 bits per heavy atom. The fraction of sp³-hybridized carbons (Fsp3) is 0.553. The first-order valence-electron chi connectivity index (χ1n) is 41.3. The van der Waals surface area contributed by atoms with Crippen LogP contribution in [0.3, 0.4) is 0 Å². The van der Waals surface area contributed by atoms with Crippen molar-refractivity contribution in [1.82, 2.24) is 94.4 Å². The van der Waals surface area contributed by atoms with Crippen molar-refractivity contribution in [2.24, 2.45) is 5.73 Å². The molecule has 118 heavy (non-hydrogen) atoms. The molecule has 0 atom stereocenters. The van der Waals surface area contributed by atoms with Crippen LogP contribution in [0.25, 0.3) is 0 Å². The molecular weight excluding hydrogens is 1510 g/mol. The van der Waals surface area contributed by atoms with Crippen molar-refractivity contribution in [3.63, 3.8) is 0 Å². The second-order valence-electron chi connectivity index (χ2n) is 28.9. The van der Waals surface area contributed by atoms with Gasteiger partial charge in [-0.15, -0.1) is 0 Å². The van der Waals surface area contributed by atoms with Gasteiger partial charge in [0.25, 0.3) is 0 Å². The van der Waals surface area contributed by atoms with Gasteiger partial charge in [-0.1, -0.05) is 36.4 Å². The smallest absolute Gasteiger partial charge is 0.320 e. The lowest BCUT2D eigenvalue weighted by atomic mass is 10.2. The molecule has 0 radical (unpaired) electrons. The molecule has 2 aliphatic rings. The monoisotopic (exact) mass is 1640 g/mol. The van der Waals surface area contributed by atoms with Gasteiger partial charge in [0.05, 0.1) is 93.0 Å². The van der Waals surface area contributed by atoms with Crippen LogP contribution in [0.1, 0.15) is 87.5 Å². The highest BCUT2D eigenvalue weighted by atomic mass is 16.5. The summed E-state index contributed by atoms with van der Waals surface area (Å²) in [6.45, 7) is 27.4. The SMILES string of the molecule is CCOC(=O)CN1CCN(CCC(=O)NCCN(Cc2ccccn2)Cc2ccccn2)CCN(CC(C)=O)CCN(CCC(=O)NCCN(Cc2ccccn2)Cc2ccccn2)CC1.CCOC(=O)CN1CCN(CCC(=O)O)CCN(CC(=O)OCC)CCN(CCC(=O)O)CC1.NCCN(Cc1ccccn1)Cc1ccccn1. The maximum atomic E-state index is 13.3. The van der Waals surface area contributed by atoms with E-state index < -0.39 is 11.9 Å². The molecule has 0 unspecified atom stereocenters. The van der Waals surface area contributed by atoms with Crippen LogP contribution in [0, 0.1) is 0 Å². The molecule has 0 aromatic carbocycles. The third-order valence-electron chi connectivity index (χ3n) is 19.5. The highest BCUT2D eigenvalue weighted by Gasteiger charge is 2.25. The Labute approximate surface area is 696 Å². The molecule has 646 valence electrons. The molecule has 8 heterocycles. The number of esters is 3. The molecule has 33 heteroatoms. The van der Waals surface area contributed by atoms with E-state index in [0.717, 1.165) is 53.8 Å². The zero-order valence-electron chi connectivity index (χ0n) is 69.8. The number of carboxylic acids is 2. The number of hydrogen-bond acceptors (Lipinski definition) is 29. The van der Waals surface area contributed by atoms with Crippen LogP contribution in [-0.2, 0) is 91.8 Å². The number of aliphatic carboxylic acids is 2. The summed E-state index contributed by atoms with van der Waals surface area (Å²) in [5.41, 5.74) is 11.6. The average Bonchev–Trinajstić information content (AvgIpc) is 0.913. The minimum atomic E-state index is -0.882. The Kier molecular flexibility index (Phi) is 48.7. The fourth-order valence-electron chi connectivity index (χ4n) is 13.2. The largest absolute Gasteiger partial charge is 0.481 e. The summed E-state index contributed by atoms with van der Waals surface area (Å²) in [5, 5.41) is 24.5. The molecule has 0 saturated carbocycles. The van der Waals surface area contributed by atoms with Gasteiger partial charge >= 0.3 is 29.8 Å². The van der Waals surface area contributed by atoms with Gasteiger partial charge in [0.2, 0.25) is 11.8 Å². The van der Waals surface area contributed by atoms with Crippen molar-refractivity contribution < 1.29 is 62.8 Å². The van der Waals surface area contributed by atoms with Crippen LogP contribution < -0.4 is 16.4 Å². The van der Waals surface area contributed by atoms with Crippen molar-refractivity contribution >= 4 is 47.4 Å². The van der Waals surface area contributed by atoms with Crippen molar-refractivity contribution in [2.45, 2.75) is 92.6 Å². The normalized spacial score (nSPS) is 15.2. The highest BCUT2D eigenvalue weighted by molar-refractivity contribution is 5.78. The summed E-state index contributed by atoms with van der Waals surface area (Å²) in [7, 11) is 0. The third kappa shape index (κ3) is 44.8. The number of Topliss-reactive ketones (excluding diaryl/α,β-unsaturated/α-hetero) is 1. The van der Waals surface area contributed by atoms with E-state index in [2.05, 4.69) is 74.8 Å². The minimum Gasteiger partial charge on any atom is -0.481 e. The summed E-state index contributed by atoms with van der Waals surface area (Å²) in [6, 6.07) is 35.4. The molecule has 6 N–H and O–H groups in total. The van der Waals surface area contributed by atoms with Gasteiger partial charge in [0.15, 0.2) is 0 Å². The number of carbonyl (C=O) groups excluding carboxylic acids is 6. The lowest BCUT2D eigenvalue weighted by molar-refractivity contribution is -0.145. The van der Waals surface area contributed by atoms with Gasteiger partial charge in [-0.25, -0.2) is 0 Å². The zero-order valence-corrected chi connectivity index (χ0v) is 69.8. The Bertz CT molecular complexity index is 3430. The summed E-state index contributed by atoms with van der Waals surface area (Å²) >= 11 is 0. The van der Waals surface area contributed by atoms with Crippen molar-refractivity contribution in [2.75, 3.05) is 216 Å². The number of nitrogens with two attached hydrogens (primary N) is 1. The second kappa shape index (κ2) is 59.1. The van der Waals surface area contributed by atoms with E-state index in [1.165, 1.54) is 0 Å². The number of carboxylic acid groups (broad SMARTS) is 2. The Balaban J connectivity index is 0.000000341. The lowest BCUT2D eigenvalue weighted by Crippen LogP contribution is -2.48. The molecule has 2 aliphatic heterocycles. The van der Waals surface area contributed by atoms with Gasteiger partial charge < -0.3 is 60.4 Å². The van der Waals surface area contributed by atoms with Gasteiger partial charge in [0, 0.05) is 259 Å². The van der Waals surface area contributed by atoms with Crippen LogP contribution in [0.2, 0.25) is 0 Å². The van der Waals surface area contributed by atoms with E-state index in [0.29, 0.717) is 229 Å². The van der Waals surface area contributed by atoms with E-state index in [1.54, 1.807) is 52.5 Å². The summed E-state index contributed by atoms with van der Waals surface area (Å²) in [6.07, 6.45) is 11.4. The molecule has 2 fully saturated rings. The number of nitrogens with one attached hydrogen (secondary N) is 2. The molecule has 0 bridgehead atoms. The Hall–Kier alpha value is -9.62. The van der Waals surface area contributed by atoms with Crippen molar-refractivity contribution in [1.29, 1.82) is 0 Å². The number of aromatic nitrogens is 6. The van der Waals surface area contributed by atoms with E-state index in [1.807, 2.05) is 141 Å². The summed E-state index contributed by atoms with van der Waals surface area (Å²) < 4.78 is 15.5. The van der Waals surface area contributed by atoms with Crippen molar-refractivity contribution in [3.05, 3.63) is 181 Å². The first-order chi connectivity index (χ1) is 57.3. The van der Waals surface area contributed by atoms with E-state index in [-0.39, 0.29) is 68.0 Å².